The van der Waals surface area contributed by atoms with Crippen molar-refractivity contribution in [2.24, 2.45) is 13.0 Å². The highest BCUT2D eigenvalue weighted by molar-refractivity contribution is 7.99. The molecule has 0 radical (unpaired) electrons. The lowest BCUT2D eigenvalue weighted by Gasteiger charge is -2.21. The number of fused-ring (bicyclic) bond motifs is 1. The van der Waals surface area contributed by atoms with Crippen molar-refractivity contribution >= 4 is 29.3 Å². The van der Waals surface area contributed by atoms with Gasteiger partial charge in [-0.1, -0.05) is 37.7 Å². The van der Waals surface area contributed by atoms with Crippen molar-refractivity contribution in [3.63, 3.8) is 0 Å². The Balaban J connectivity index is 1.42. The minimum atomic E-state index is -0.372. The fourth-order valence-corrected chi connectivity index (χ4v) is 4.42. The molecular weight excluding hydrogens is 466 g/mol. The van der Waals surface area contributed by atoms with Crippen LogP contribution in [0.4, 0.5) is 5.69 Å². The molecule has 3 aromatic rings. The van der Waals surface area contributed by atoms with Gasteiger partial charge >= 0.3 is 0 Å². The maximum atomic E-state index is 13.0. The molecule has 10 heteroatoms. The van der Waals surface area contributed by atoms with Crippen molar-refractivity contribution in [2.75, 3.05) is 17.9 Å². The van der Waals surface area contributed by atoms with Gasteiger partial charge in [-0.05, 0) is 55.2 Å². The van der Waals surface area contributed by atoms with Gasteiger partial charge in [0.2, 0.25) is 12.7 Å². The third-order valence-electron chi connectivity index (χ3n) is 5.73. The molecule has 1 unspecified atom stereocenters. The van der Waals surface area contributed by atoms with Crippen LogP contribution < -0.4 is 20.1 Å². The van der Waals surface area contributed by atoms with Gasteiger partial charge in [0.15, 0.2) is 22.5 Å². The van der Waals surface area contributed by atoms with Gasteiger partial charge in [0.1, 0.15) is 0 Å². The Morgan fingerprint density at radius 3 is 2.63 bits per heavy atom. The molecule has 0 bridgehead atoms. The van der Waals surface area contributed by atoms with Crippen molar-refractivity contribution < 1.29 is 19.1 Å². The molecule has 0 saturated heterocycles. The van der Waals surface area contributed by atoms with E-state index in [-0.39, 0.29) is 36.3 Å². The maximum Gasteiger partial charge on any atom is 0.252 e. The molecule has 4 rings (SSSR count). The Morgan fingerprint density at radius 2 is 1.86 bits per heavy atom. The quantitative estimate of drug-likeness (QED) is 0.455. The summed E-state index contributed by atoms with van der Waals surface area (Å²) < 4.78 is 12.5. The lowest BCUT2D eigenvalue weighted by molar-refractivity contribution is -0.113. The van der Waals surface area contributed by atoms with Crippen molar-refractivity contribution in [1.29, 1.82) is 0 Å². The molecule has 0 saturated carbocycles. The number of amides is 2. The summed E-state index contributed by atoms with van der Waals surface area (Å²) in [6.45, 7) is 8.10. The number of nitrogens with zero attached hydrogens (tertiary/aromatic N) is 3. The second-order valence-corrected chi connectivity index (χ2v) is 9.76. The van der Waals surface area contributed by atoms with Crippen LogP contribution >= 0.6 is 11.8 Å². The Labute approximate surface area is 208 Å². The van der Waals surface area contributed by atoms with Crippen LogP contribution in [-0.2, 0) is 11.8 Å². The molecule has 1 aliphatic heterocycles. The second kappa shape index (κ2) is 10.4. The van der Waals surface area contributed by atoms with Gasteiger partial charge < -0.3 is 24.7 Å². The summed E-state index contributed by atoms with van der Waals surface area (Å²) in [6, 6.07) is 10.7. The van der Waals surface area contributed by atoms with E-state index in [1.54, 1.807) is 18.2 Å². The number of carbonyl (C=O) groups excluding carboxylic acids is 2. The maximum absolute atomic E-state index is 13.0. The number of hydrogen-bond acceptors (Lipinski definition) is 7. The molecule has 184 valence electrons. The Kier molecular flexibility index (Phi) is 7.30. The predicted molar refractivity (Wildman–Crippen MR) is 134 cm³/mol. The number of thioether (sulfide) groups is 1. The first-order valence-corrected chi connectivity index (χ1v) is 12.3. The zero-order valence-corrected chi connectivity index (χ0v) is 21.2. The summed E-state index contributed by atoms with van der Waals surface area (Å²) in [7, 11) is 1.84. The molecule has 9 nitrogen and oxygen atoms in total. The molecule has 0 aliphatic carbocycles. The number of ether oxygens (including phenoxy) is 2. The van der Waals surface area contributed by atoms with Crippen LogP contribution in [0, 0.1) is 19.8 Å². The first-order chi connectivity index (χ1) is 16.7. The van der Waals surface area contributed by atoms with E-state index in [9.17, 15) is 9.59 Å². The highest BCUT2D eigenvalue weighted by Crippen LogP contribution is 2.33. The minimum absolute atomic E-state index is 0.0568. The first-order valence-electron chi connectivity index (χ1n) is 11.3. The molecule has 0 fully saturated rings. The van der Waals surface area contributed by atoms with Crippen LogP contribution in [-0.4, -0.2) is 39.1 Å². The van der Waals surface area contributed by atoms with E-state index in [0.717, 1.165) is 16.8 Å². The van der Waals surface area contributed by atoms with Gasteiger partial charge in [0.25, 0.3) is 5.91 Å². The molecule has 2 amide bonds. The molecule has 2 heterocycles. The van der Waals surface area contributed by atoms with Crippen LogP contribution in [0.15, 0.2) is 41.6 Å². The van der Waals surface area contributed by atoms with Crippen LogP contribution in [0.25, 0.3) is 0 Å². The van der Waals surface area contributed by atoms with Crippen molar-refractivity contribution in [3.8, 4) is 11.5 Å². The fourth-order valence-electron chi connectivity index (χ4n) is 3.70. The molecule has 1 aliphatic rings. The summed E-state index contributed by atoms with van der Waals surface area (Å²) >= 11 is 1.30. The standard InChI is InChI=1S/C25H29N5O4S/c1-14(2)22(27-24(32)17-8-9-19-20(11-17)34-13-33-19)23-28-29-25(30(23)5)35-12-21(31)26-18-10-15(3)6-7-16(18)4/h6-11,14,22H,12-13H2,1-5H3,(H,26,31)(H,27,32). The smallest absolute Gasteiger partial charge is 0.252 e. The van der Waals surface area contributed by atoms with Gasteiger partial charge in [-0.2, -0.15) is 0 Å². The Hall–Kier alpha value is -3.53. The van der Waals surface area contributed by atoms with E-state index in [1.165, 1.54) is 11.8 Å². The Morgan fingerprint density at radius 1 is 1.09 bits per heavy atom. The summed E-state index contributed by atoms with van der Waals surface area (Å²) in [6.07, 6.45) is 0. The average molecular weight is 496 g/mol. The largest absolute Gasteiger partial charge is 0.454 e. The third kappa shape index (κ3) is 5.59. The van der Waals surface area contributed by atoms with E-state index in [4.69, 9.17) is 9.47 Å². The number of benzene rings is 2. The highest BCUT2D eigenvalue weighted by atomic mass is 32.2. The van der Waals surface area contributed by atoms with Crippen LogP contribution in [0.3, 0.4) is 0 Å². The van der Waals surface area contributed by atoms with Gasteiger partial charge in [-0.15, -0.1) is 10.2 Å². The van der Waals surface area contributed by atoms with E-state index in [0.29, 0.717) is 28.0 Å². The SMILES string of the molecule is Cc1ccc(C)c(NC(=O)CSc2nnc(C(NC(=O)c3ccc4c(c3)OCO4)C(C)C)n2C)c1. The van der Waals surface area contributed by atoms with E-state index >= 15 is 0 Å². The van der Waals surface area contributed by atoms with Gasteiger partial charge in [-0.3, -0.25) is 9.59 Å². The number of aryl methyl sites for hydroxylation is 2. The third-order valence-corrected chi connectivity index (χ3v) is 6.75. The van der Waals surface area contributed by atoms with Crippen LogP contribution in [0.1, 0.15) is 47.2 Å². The zero-order chi connectivity index (χ0) is 25.1. The molecular formula is C25H29N5O4S. The summed E-state index contributed by atoms with van der Waals surface area (Å²) in [5.74, 6) is 1.67. The number of aromatic nitrogens is 3. The monoisotopic (exact) mass is 495 g/mol. The molecule has 35 heavy (non-hydrogen) atoms. The summed E-state index contributed by atoms with van der Waals surface area (Å²) in [5, 5.41) is 15.2. The predicted octanol–water partition coefficient (Wildman–Crippen LogP) is 4.02. The lowest BCUT2D eigenvalue weighted by atomic mass is 10.0. The highest BCUT2D eigenvalue weighted by Gasteiger charge is 2.26. The van der Waals surface area contributed by atoms with Crippen molar-refractivity contribution in [2.45, 2.75) is 38.9 Å². The molecule has 2 aromatic carbocycles. The first kappa shape index (κ1) is 24.6. The molecule has 1 atom stereocenters. The number of nitrogens with one attached hydrogen (secondary N) is 2. The van der Waals surface area contributed by atoms with Crippen LogP contribution in [0.2, 0.25) is 0 Å². The van der Waals surface area contributed by atoms with Crippen LogP contribution in [0.5, 0.6) is 11.5 Å². The average Bonchev–Trinajstić information content (AvgIpc) is 3.44. The minimum Gasteiger partial charge on any atom is -0.454 e. The van der Waals surface area contributed by atoms with Gasteiger partial charge in [-0.25, -0.2) is 0 Å². The summed E-state index contributed by atoms with van der Waals surface area (Å²) in [5.41, 5.74) is 3.37. The fraction of sp³-hybridized carbons (Fsp3) is 0.360. The van der Waals surface area contributed by atoms with E-state index in [2.05, 4.69) is 20.8 Å². The Bertz CT molecular complexity index is 1260. The molecule has 0 spiro atoms. The number of hydrogen-bond donors (Lipinski definition) is 2. The van der Waals surface area contributed by atoms with Crippen molar-refractivity contribution in [3.05, 3.63) is 58.9 Å². The molecule has 2 N–H and O–H groups in total. The molecule has 1 aromatic heterocycles. The topological polar surface area (TPSA) is 107 Å². The van der Waals surface area contributed by atoms with E-state index < -0.39 is 0 Å². The number of anilines is 1. The lowest BCUT2D eigenvalue weighted by Crippen LogP contribution is -2.33. The normalized spacial score (nSPS) is 13.1. The number of carbonyl (C=O) groups is 2. The van der Waals surface area contributed by atoms with Gasteiger partial charge in [0.05, 0.1) is 11.8 Å². The summed E-state index contributed by atoms with van der Waals surface area (Å²) in [4.78, 5) is 25.5. The van der Waals surface area contributed by atoms with E-state index in [1.807, 2.05) is 57.5 Å². The second-order valence-electron chi connectivity index (χ2n) is 8.82. The van der Waals surface area contributed by atoms with Gasteiger partial charge in [0, 0.05) is 18.3 Å². The number of rotatable bonds is 8. The zero-order valence-electron chi connectivity index (χ0n) is 20.4. The van der Waals surface area contributed by atoms with Crippen molar-refractivity contribution in [1.82, 2.24) is 20.1 Å².